The van der Waals surface area contributed by atoms with Gasteiger partial charge < -0.3 is 5.32 Å². The molecule has 0 rings (SSSR count). The first kappa shape index (κ1) is 15.8. The molecule has 1 amide bonds. The monoisotopic (exact) mass is 247 g/mol. The topological polar surface area (TPSA) is 29.1 Å². The summed E-state index contributed by atoms with van der Waals surface area (Å²) in [5.74, 6) is -0.0551. The molecule has 0 aliphatic heterocycles. The maximum absolute atomic E-state index is 11.4. The molecule has 0 aromatic heterocycles. The molecule has 16 heavy (non-hydrogen) atoms. The van der Waals surface area contributed by atoms with Crippen LogP contribution in [0.1, 0.15) is 59.8 Å². The van der Waals surface area contributed by atoms with Crippen LogP contribution in [0, 0.1) is 5.41 Å². The van der Waals surface area contributed by atoms with Crippen LogP contribution in [0.4, 0.5) is 0 Å². The summed E-state index contributed by atoms with van der Waals surface area (Å²) in [4.78, 5) is 11.4. The Morgan fingerprint density at radius 2 is 1.94 bits per heavy atom. The fraction of sp³-hybridized carbons (Fsp3) is 0.923. The third-order valence-electron chi connectivity index (χ3n) is 3.04. The minimum atomic E-state index is -0.433. The largest absolute Gasteiger partial charge is 0.354 e. The first-order valence-corrected chi connectivity index (χ1v) is 6.80. The smallest absolute Gasteiger partial charge is 0.237 e. The van der Waals surface area contributed by atoms with Crippen LogP contribution in [0.15, 0.2) is 0 Å². The molecule has 0 spiro atoms. The van der Waals surface area contributed by atoms with Gasteiger partial charge in [0.05, 0.1) is 0 Å². The number of carbonyl (C=O) groups excluding carboxylic acids is 1. The molecule has 0 fully saturated rings. The van der Waals surface area contributed by atoms with Gasteiger partial charge in [0, 0.05) is 6.54 Å². The zero-order valence-electron chi connectivity index (χ0n) is 11.1. The van der Waals surface area contributed by atoms with E-state index in [1.54, 1.807) is 6.92 Å². The highest BCUT2D eigenvalue weighted by atomic mass is 35.5. The molecule has 0 saturated heterocycles. The van der Waals surface area contributed by atoms with Crippen molar-refractivity contribution in [3.63, 3.8) is 0 Å². The van der Waals surface area contributed by atoms with E-state index in [0.29, 0.717) is 0 Å². The van der Waals surface area contributed by atoms with Crippen molar-refractivity contribution in [1.82, 2.24) is 5.32 Å². The Labute approximate surface area is 105 Å². The molecule has 3 heteroatoms. The summed E-state index contributed by atoms with van der Waals surface area (Å²) in [6.07, 6.45) is 5.92. The maximum Gasteiger partial charge on any atom is 0.237 e. The quantitative estimate of drug-likeness (QED) is 0.651. The lowest BCUT2D eigenvalue weighted by atomic mass is 9.80. The maximum atomic E-state index is 11.4. The molecular weight excluding hydrogens is 222 g/mol. The second kappa shape index (κ2) is 7.94. The highest BCUT2D eigenvalue weighted by molar-refractivity contribution is 6.30. The third-order valence-corrected chi connectivity index (χ3v) is 3.24. The molecule has 96 valence electrons. The molecule has 0 radical (unpaired) electrons. The number of rotatable bonds is 8. The van der Waals surface area contributed by atoms with Crippen molar-refractivity contribution in [2.75, 3.05) is 6.54 Å². The number of hydrogen-bond acceptors (Lipinski definition) is 1. The van der Waals surface area contributed by atoms with Crippen LogP contribution in [0.3, 0.4) is 0 Å². The Morgan fingerprint density at radius 3 is 2.38 bits per heavy atom. The molecule has 1 unspecified atom stereocenters. The summed E-state index contributed by atoms with van der Waals surface area (Å²) in [5.41, 5.74) is 0.228. The molecule has 2 atom stereocenters. The number of alkyl halides is 1. The lowest BCUT2D eigenvalue weighted by Crippen LogP contribution is -2.38. The molecule has 1 N–H and O–H groups in total. The zero-order valence-corrected chi connectivity index (χ0v) is 11.9. The Bertz CT molecular complexity index is 206. The standard InChI is InChI=1S/C13H26ClNO/c1-5-7-9-13(4,8-6-2)10-15-12(16)11(3)14/h11H,5-10H2,1-4H3,(H,15,16)/t11-,13?/m1/s1. The fourth-order valence-corrected chi connectivity index (χ4v) is 2.03. The summed E-state index contributed by atoms with van der Waals surface area (Å²) in [6, 6.07) is 0. The van der Waals surface area contributed by atoms with Gasteiger partial charge in [0.15, 0.2) is 0 Å². The summed E-state index contributed by atoms with van der Waals surface area (Å²) in [6.45, 7) is 9.10. The van der Waals surface area contributed by atoms with Crippen molar-refractivity contribution in [3.05, 3.63) is 0 Å². The number of unbranched alkanes of at least 4 members (excludes halogenated alkanes) is 1. The average molecular weight is 248 g/mol. The van der Waals surface area contributed by atoms with Crippen molar-refractivity contribution in [3.8, 4) is 0 Å². The normalized spacial score (nSPS) is 16.6. The molecule has 0 aromatic rings. The van der Waals surface area contributed by atoms with Crippen LogP contribution in [-0.4, -0.2) is 17.8 Å². The minimum Gasteiger partial charge on any atom is -0.354 e. The van der Waals surface area contributed by atoms with Crippen LogP contribution in [0.5, 0.6) is 0 Å². The van der Waals surface area contributed by atoms with Crippen LogP contribution >= 0.6 is 11.6 Å². The van der Waals surface area contributed by atoms with Crippen LogP contribution < -0.4 is 5.32 Å². The Morgan fingerprint density at radius 1 is 1.31 bits per heavy atom. The van der Waals surface area contributed by atoms with Gasteiger partial charge in [0.25, 0.3) is 0 Å². The van der Waals surface area contributed by atoms with Gasteiger partial charge in [0.1, 0.15) is 5.38 Å². The number of carbonyl (C=O) groups is 1. The number of nitrogens with one attached hydrogen (secondary N) is 1. The molecule has 2 nitrogen and oxygen atoms in total. The van der Waals surface area contributed by atoms with E-state index in [-0.39, 0.29) is 11.3 Å². The summed E-state index contributed by atoms with van der Waals surface area (Å²) < 4.78 is 0. The van der Waals surface area contributed by atoms with E-state index in [9.17, 15) is 4.79 Å². The Hall–Kier alpha value is -0.240. The van der Waals surface area contributed by atoms with Gasteiger partial charge in [-0.3, -0.25) is 4.79 Å². The van der Waals surface area contributed by atoms with Gasteiger partial charge in [-0.05, 0) is 25.2 Å². The van der Waals surface area contributed by atoms with E-state index in [1.807, 2.05) is 0 Å². The molecule has 0 aliphatic carbocycles. The lowest BCUT2D eigenvalue weighted by Gasteiger charge is -2.29. The average Bonchev–Trinajstić information content (AvgIpc) is 2.23. The number of amides is 1. The first-order chi connectivity index (χ1) is 7.45. The highest BCUT2D eigenvalue weighted by Crippen LogP contribution is 2.29. The molecule has 0 bridgehead atoms. The van der Waals surface area contributed by atoms with E-state index in [1.165, 1.54) is 19.3 Å². The summed E-state index contributed by atoms with van der Waals surface area (Å²) >= 11 is 5.73. The highest BCUT2D eigenvalue weighted by Gasteiger charge is 2.23. The van der Waals surface area contributed by atoms with Gasteiger partial charge in [-0.25, -0.2) is 0 Å². The number of halogens is 1. The Balaban J connectivity index is 4.15. The fourth-order valence-electron chi connectivity index (χ4n) is 1.95. The van der Waals surface area contributed by atoms with Crippen LogP contribution in [0.2, 0.25) is 0 Å². The summed E-state index contributed by atoms with van der Waals surface area (Å²) in [7, 11) is 0. The van der Waals surface area contributed by atoms with Gasteiger partial charge >= 0.3 is 0 Å². The van der Waals surface area contributed by atoms with Crippen molar-refractivity contribution >= 4 is 17.5 Å². The van der Waals surface area contributed by atoms with Gasteiger partial charge in [-0.15, -0.1) is 11.6 Å². The van der Waals surface area contributed by atoms with E-state index in [4.69, 9.17) is 11.6 Å². The van der Waals surface area contributed by atoms with Crippen molar-refractivity contribution < 1.29 is 4.79 Å². The van der Waals surface area contributed by atoms with Crippen LogP contribution in [0.25, 0.3) is 0 Å². The molecule has 0 heterocycles. The van der Waals surface area contributed by atoms with Crippen molar-refractivity contribution in [2.24, 2.45) is 5.41 Å². The SMILES string of the molecule is CCCCC(C)(CCC)CNC(=O)[C@@H](C)Cl. The molecule has 0 aliphatic rings. The van der Waals surface area contributed by atoms with Crippen LogP contribution in [-0.2, 0) is 4.79 Å². The number of hydrogen-bond donors (Lipinski definition) is 1. The second-order valence-corrected chi connectivity index (χ2v) is 5.65. The van der Waals surface area contributed by atoms with Gasteiger partial charge in [-0.2, -0.15) is 0 Å². The third kappa shape index (κ3) is 6.37. The summed E-state index contributed by atoms with van der Waals surface area (Å²) in [5, 5.41) is 2.51. The van der Waals surface area contributed by atoms with E-state index in [2.05, 4.69) is 26.1 Å². The predicted molar refractivity (Wildman–Crippen MR) is 70.9 cm³/mol. The van der Waals surface area contributed by atoms with Crippen molar-refractivity contribution in [2.45, 2.75) is 65.2 Å². The Kier molecular flexibility index (Phi) is 7.82. The zero-order chi connectivity index (χ0) is 12.6. The molecular formula is C13H26ClNO. The lowest BCUT2D eigenvalue weighted by molar-refractivity contribution is -0.121. The molecule has 0 saturated carbocycles. The van der Waals surface area contributed by atoms with E-state index < -0.39 is 5.38 Å². The van der Waals surface area contributed by atoms with Gasteiger partial charge in [-0.1, -0.05) is 40.0 Å². The minimum absolute atomic E-state index is 0.0551. The van der Waals surface area contributed by atoms with Crippen molar-refractivity contribution in [1.29, 1.82) is 0 Å². The van der Waals surface area contributed by atoms with E-state index in [0.717, 1.165) is 19.4 Å². The first-order valence-electron chi connectivity index (χ1n) is 6.37. The predicted octanol–water partition coefficient (Wildman–Crippen LogP) is 3.73. The second-order valence-electron chi connectivity index (χ2n) is 5.00. The van der Waals surface area contributed by atoms with E-state index >= 15 is 0 Å². The van der Waals surface area contributed by atoms with Gasteiger partial charge in [0.2, 0.25) is 5.91 Å². The molecule has 0 aromatic carbocycles.